The van der Waals surface area contributed by atoms with E-state index < -0.39 is 6.04 Å². The summed E-state index contributed by atoms with van der Waals surface area (Å²) in [6, 6.07) is 14.6. The Morgan fingerprint density at radius 2 is 1.94 bits per heavy atom. The van der Waals surface area contributed by atoms with Gasteiger partial charge in [-0.1, -0.05) is 47.4 Å². The van der Waals surface area contributed by atoms with Gasteiger partial charge in [0, 0.05) is 10.7 Å². The molecule has 0 saturated heterocycles. The second-order valence-electron chi connectivity index (χ2n) is 8.67. The second kappa shape index (κ2) is 9.85. The Hall–Kier alpha value is -3.39. The molecule has 1 aliphatic carbocycles. The fourth-order valence-corrected chi connectivity index (χ4v) is 4.63. The van der Waals surface area contributed by atoms with Gasteiger partial charge in [0.05, 0.1) is 5.57 Å². The first-order valence-corrected chi connectivity index (χ1v) is 11.9. The molecule has 0 radical (unpaired) electrons. The number of aromatic nitrogens is 4. The standard InChI is InChI=1S/C25H26ClN5O3/c1-16-22(24(32)34-20-7-3-2-4-8-20)23(31-25(27-16)28-29-30-31)18-6-5-9-21(14-18)33-15-17-10-12-19(26)13-11-17/h5-6,9-14,20,23H,2-4,7-8,15H2,1H3,(H,27,28,30). The van der Waals surface area contributed by atoms with E-state index in [1.165, 1.54) is 6.42 Å². The summed E-state index contributed by atoms with van der Waals surface area (Å²) in [5.41, 5.74) is 3.02. The maximum Gasteiger partial charge on any atom is 0.338 e. The van der Waals surface area contributed by atoms with Gasteiger partial charge in [-0.2, -0.15) is 4.68 Å². The maximum atomic E-state index is 13.4. The molecule has 1 unspecified atom stereocenters. The molecule has 34 heavy (non-hydrogen) atoms. The Morgan fingerprint density at radius 1 is 1.15 bits per heavy atom. The van der Waals surface area contributed by atoms with Crippen LogP contribution in [0.1, 0.15) is 56.2 Å². The van der Waals surface area contributed by atoms with Crippen molar-refractivity contribution in [2.24, 2.45) is 0 Å². The number of nitrogens with zero attached hydrogens (tertiary/aromatic N) is 4. The van der Waals surface area contributed by atoms with Crippen molar-refractivity contribution in [3.8, 4) is 5.75 Å². The highest BCUT2D eigenvalue weighted by Crippen LogP contribution is 2.37. The summed E-state index contributed by atoms with van der Waals surface area (Å²) >= 11 is 5.97. The largest absolute Gasteiger partial charge is 0.489 e. The lowest BCUT2D eigenvalue weighted by Gasteiger charge is -2.29. The van der Waals surface area contributed by atoms with Gasteiger partial charge in [-0.3, -0.25) is 0 Å². The van der Waals surface area contributed by atoms with Crippen LogP contribution in [0.4, 0.5) is 5.95 Å². The van der Waals surface area contributed by atoms with Crippen LogP contribution in [-0.2, 0) is 16.1 Å². The van der Waals surface area contributed by atoms with Crippen molar-refractivity contribution in [1.82, 2.24) is 20.2 Å². The Bertz CT molecular complexity index is 1200. The first kappa shape index (κ1) is 22.4. The molecule has 9 heteroatoms. The van der Waals surface area contributed by atoms with Crippen LogP contribution in [0.3, 0.4) is 0 Å². The number of halogens is 1. The third kappa shape index (κ3) is 4.77. The number of allylic oxidation sites excluding steroid dienone is 1. The minimum absolute atomic E-state index is 0.0495. The molecule has 1 aliphatic heterocycles. The molecule has 2 aliphatic rings. The Kier molecular flexibility index (Phi) is 6.49. The number of hydrogen-bond acceptors (Lipinski definition) is 7. The lowest BCUT2D eigenvalue weighted by Crippen LogP contribution is -2.32. The SMILES string of the molecule is CC1=C(C(=O)OC2CCCCC2)C(c2cccc(OCc3ccc(Cl)cc3)c2)n2nnnc2N1. The van der Waals surface area contributed by atoms with Crippen molar-refractivity contribution in [1.29, 1.82) is 0 Å². The minimum atomic E-state index is -0.526. The zero-order valence-electron chi connectivity index (χ0n) is 18.9. The van der Waals surface area contributed by atoms with E-state index in [4.69, 9.17) is 21.1 Å². The van der Waals surface area contributed by atoms with Gasteiger partial charge >= 0.3 is 5.97 Å². The Labute approximate surface area is 202 Å². The monoisotopic (exact) mass is 479 g/mol. The van der Waals surface area contributed by atoms with E-state index in [0.29, 0.717) is 34.6 Å². The molecule has 1 fully saturated rings. The van der Waals surface area contributed by atoms with Crippen LogP contribution >= 0.6 is 11.6 Å². The number of carbonyl (C=O) groups excluding carboxylic acids is 1. The van der Waals surface area contributed by atoms with Crippen molar-refractivity contribution in [2.75, 3.05) is 5.32 Å². The predicted octanol–water partition coefficient (Wildman–Crippen LogP) is 5.07. The summed E-state index contributed by atoms with van der Waals surface area (Å²) in [5.74, 6) is 0.818. The number of anilines is 1. The minimum Gasteiger partial charge on any atom is -0.489 e. The second-order valence-corrected chi connectivity index (χ2v) is 9.10. The van der Waals surface area contributed by atoms with Gasteiger partial charge in [-0.05, 0) is 78.4 Å². The quantitative estimate of drug-likeness (QED) is 0.493. The number of fused-ring (bicyclic) bond motifs is 1. The summed E-state index contributed by atoms with van der Waals surface area (Å²) in [6.07, 6.45) is 5.12. The summed E-state index contributed by atoms with van der Waals surface area (Å²) in [4.78, 5) is 13.4. The Balaban J connectivity index is 1.42. The molecule has 1 N–H and O–H groups in total. The number of tetrazole rings is 1. The van der Waals surface area contributed by atoms with E-state index in [9.17, 15) is 4.79 Å². The normalized spacial score (nSPS) is 18.2. The van der Waals surface area contributed by atoms with E-state index >= 15 is 0 Å². The highest BCUT2D eigenvalue weighted by molar-refractivity contribution is 6.30. The average Bonchev–Trinajstić information content (AvgIpc) is 3.31. The van der Waals surface area contributed by atoms with Gasteiger partial charge in [-0.25, -0.2) is 4.79 Å². The summed E-state index contributed by atoms with van der Waals surface area (Å²) in [6.45, 7) is 2.25. The maximum absolute atomic E-state index is 13.4. The van der Waals surface area contributed by atoms with Crippen molar-refractivity contribution in [3.63, 3.8) is 0 Å². The Morgan fingerprint density at radius 3 is 2.74 bits per heavy atom. The van der Waals surface area contributed by atoms with Gasteiger partial charge in [0.1, 0.15) is 24.5 Å². The number of benzene rings is 2. The molecule has 176 valence electrons. The molecule has 0 amide bonds. The summed E-state index contributed by atoms with van der Waals surface area (Å²) < 4.78 is 13.6. The first-order chi connectivity index (χ1) is 16.6. The van der Waals surface area contributed by atoms with Gasteiger partial charge in [-0.15, -0.1) is 0 Å². The molecule has 0 spiro atoms. The number of rotatable bonds is 6. The zero-order chi connectivity index (χ0) is 23.5. The third-order valence-corrected chi connectivity index (χ3v) is 6.50. The van der Waals surface area contributed by atoms with Crippen LogP contribution in [0.15, 0.2) is 59.8 Å². The van der Waals surface area contributed by atoms with E-state index in [-0.39, 0.29) is 12.1 Å². The molecular weight excluding hydrogens is 454 g/mol. The van der Waals surface area contributed by atoms with Crippen LogP contribution in [0, 0.1) is 0 Å². The van der Waals surface area contributed by atoms with Crippen LogP contribution in [0.2, 0.25) is 5.02 Å². The van der Waals surface area contributed by atoms with Gasteiger partial charge in [0.2, 0.25) is 5.95 Å². The molecule has 2 heterocycles. The molecular formula is C25H26ClN5O3. The van der Waals surface area contributed by atoms with E-state index in [0.717, 1.165) is 36.8 Å². The molecule has 2 aromatic carbocycles. The van der Waals surface area contributed by atoms with Crippen molar-refractivity contribution in [2.45, 2.75) is 57.8 Å². The van der Waals surface area contributed by atoms with Gasteiger partial charge in [0.15, 0.2) is 0 Å². The highest BCUT2D eigenvalue weighted by Gasteiger charge is 2.36. The van der Waals surface area contributed by atoms with Gasteiger partial charge < -0.3 is 14.8 Å². The predicted molar refractivity (Wildman–Crippen MR) is 127 cm³/mol. The molecule has 8 nitrogen and oxygen atoms in total. The van der Waals surface area contributed by atoms with E-state index in [1.807, 2.05) is 55.5 Å². The van der Waals surface area contributed by atoms with Crippen molar-refractivity contribution >= 4 is 23.5 Å². The lowest BCUT2D eigenvalue weighted by molar-refractivity contribution is -0.146. The molecule has 1 atom stereocenters. The van der Waals surface area contributed by atoms with Crippen molar-refractivity contribution < 1.29 is 14.3 Å². The fraction of sp³-hybridized carbons (Fsp3) is 0.360. The molecule has 0 bridgehead atoms. The lowest BCUT2D eigenvalue weighted by atomic mass is 9.94. The molecule has 3 aromatic rings. The van der Waals surface area contributed by atoms with Crippen LogP contribution < -0.4 is 10.1 Å². The summed E-state index contributed by atoms with van der Waals surface area (Å²) in [7, 11) is 0. The fourth-order valence-electron chi connectivity index (χ4n) is 4.50. The average molecular weight is 480 g/mol. The highest BCUT2D eigenvalue weighted by atomic mass is 35.5. The van der Waals surface area contributed by atoms with Crippen LogP contribution in [-0.4, -0.2) is 32.3 Å². The van der Waals surface area contributed by atoms with Crippen molar-refractivity contribution in [3.05, 3.63) is 76.0 Å². The molecule has 1 aromatic heterocycles. The molecule has 1 saturated carbocycles. The summed E-state index contributed by atoms with van der Waals surface area (Å²) in [5, 5.41) is 15.8. The van der Waals surface area contributed by atoms with E-state index in [1.54, 1.807) is 4.68 Å². The smallest absolute Gasteiger partial charge is 0.338 e. The molecule has 5 rings (SSSR count). The topological polar surface area (TPSA) is 91.2 Å². The number of hydrogen-bond donors (Lipinski definition) is 1. The van der Waals surface area contributed by atoms with Gasteiger partial charge in [0.25, 0.3) is 0 Å². The number of esters is 1. The zero-order valence-corrected chi connectivity index (χ0v) is 19.7. The number of nitrogens with one attached hydrogen (secondary N) is 1. The number of carbonyl (C=O) groups is 1. The van der Waals surface area contributed by atoms with Crippen LogP contribution in [0.25, 0.3) is 0 Å². The first-order valence-electron chi connectivity index (χ1n) is 11.5. The number of ether oxygens (including phenoxy) is 2. The van der Waals surface area contributed by atoms with Crippen LogP contribution in [0.5, 0.6) is 5.75 Å². The third-order valence-electron chi connectivity index (χ3n) is 6.25. The van der Waals surface area contributed by atoms with E-state index in [2.05, 4.69) is 20.8 Å².